The van der Waals surface area contributed by atoms with Crippen LogP contribution in [0.25, 0.3) is 5.57 Å². The first-order chi connectivity index (χ1) is 15.7. The van der Waals surface area contributed by atoms with E-state index in [4.69, 9.17) is 9.47 Å². The molecule has 7 nitrogen and oxygen atoms in total. The van der Waals surface area contributed by atoms with Crippen molar-refractivity contribution in [3.63, 3.8) is 0 Å². The van der Waals surface area contributed by atoms with Crippen LogP contribution in [0.1, 0.15) is 45.6 Å². The first-order valence-corrected chi connectivity index (χ1v) is 10.6. The van der Waals surface area contributed by atoms with Crippen LogP contribution >= 0.6 is 0 Å². The molecule has 1 aromatic rings. The van der Waals surface area contributed by atoms with Gasteiger partial charge in [-0.3, -0.25) is 0 Å². The number of benzene rings is 1. The molecule has 0 bridgehead atoms. The molecule has 2 rings (SSSR count). The SMILES string of the molecule is C=C/C(CC=C(C)C)=C(O)\C=C/CC[C@@]1(C(=O)OCC)OC(=O)C(O)=C1c1ccc(O)cc1. The number of phenols is 1. The normalized spacial score (nSPS) is 18.7. The number of carbonyl (C=O) groups excluding carboxylic acids is 2. The molecule has 0 saturated carbocycles. The van der Waals surface area contributed by atoms with Crippen LogP contribution in [0, 0.1) is 0 Å². The third-order valence-corrected chi connectivity index (χ3v) is 5.11. The number of carbonyl (C=O) groups is 2. The molecule has 33 heavy (non-hydrogen) atoms. The molecule has 0 unspecified atom stereocenters. The van der Waals surface area contributed by atoms with Crippen molar-refractivity contribution in [1.82, 2.24) is 0 Å². The summed E-state index contributed by atoms with van der Waals surface area (Å²) in [4.78, 5) is 25.2. The van der Waals surface area contributed by atoms with Crippen LogP contribution in [0.3, 0.4) is 0 Å². The first kappa shape index (κ1) is 25.5. The molecule has 0 amide bonds. The summed E-state index contributed by atoms with van der Waals surface area (Å²) in [5.74, 6) is -2.51. The predicted octanol–water partition coefficient (Wildman–Crippen LogP) is 5.21. The van der Waals surface area contributed by atoms with Crippen molar-refractivity contribution in [1.29, 1.82) is 0 Å². The van der Waals surface area contributed by atoms with Gasteiger partial charge in [-0.2, -0.15) is 0 Å². The number of cyclic esters (lactones) is 1. The lowest BCUT2D eigenvalue weighted by molar-refractivity contribution is -0.171. The second-order valence-corrected chi connectivity index (χ2v) is 7.75. The largest absolute Gasteiger partial charge is 0.508 e. The lowest BCUT2D eigenvalue weighted by Crippen LogP contribution is -2.42. The molecule has 0 fully saturated rings. The number of ether oxygens (including phenoxy) is 2. The lowest BCUT2D eigenvalue weighted by atomic mass is 9.84. The first-order valence-electron chi connectivity index (χ1n) is 10.6. The zero-order valence-electron chi connectivity index (χ0n) is 19.1. The van der Waals surface area contributed by atoms with E-state index in [9.17, 15) is 24.9 Å². The van der Waals surface area contributed by atoms with Crippen molar-refractivity contribution in [2.75, 3.05) is 6.61 Å². The number of aliphatic hydroxyl groups is 2. The third-order valence-electron chi connectivity index (χ3n) is 5.11. The number of rotatable bonds is 10. The Labute approximate surface area is 193 Å². The third kappa shape index (κ3) is 5.94. The maximum atomic E-state index is 12.9. The summed E-state index contributed by atoms with van der Waals surface area (Å²) in [5, 5.41) is 30.4. The second-order valence-electron chi connectivity index (χ2n) is 7.75. The fourth-order valence-electron chi connectivity index (χ4n) is 3.41. The van der Waals surface area contributed by atoms with E-state index in [0.29, 0.717) is 17.6 Å². The van der Waals surface area contributed by atoms with Gasteiger partial charge in [-0.05, 0) is 63.0 Å². The maximum absolute atomic E-state index is 12.9. The van der Waals surface area contributed by atoms with E-state index in [1.54, 1.807) is 19.1 Å². The zero-order valence-corrected chi connectivity index (χ0v) is 19.1. The monoisotopic (exact) mass is 454 g/mol. The topological polar surface area (TPSA) is 113 Å². The van der Waals surface area contributed by atoms with E-state index in [1.807, 2.05) is 19.9 Å². The minimum absolute atomic E-state index is 0.0119. The van der Waals surface area contributed by atoms with Gasteiger partial charge in [0.05, 0.1) is 12.2 Å². The number of aliphatic hydroxyl groups excluding tert-OH is 2. The minimum Gasteiger partial charge on any atom is -0.508 e. The van der Waals surface area contributed by atoms with Crippen molar-refractivity contribution >= 4 is 17.5 Å². The van der Waals surface area contributed by atoms with Gasteiger partial charge in [0.25, 0.3) is 0 Å². The molecule has 3 N–H and O–H groups in total. The molecule has 1 aliphatic rings. The molecule has 0 aliphatic carbocycles. The number of allylic oxidation sites excluding steroid dienone is 6. The Hall–Kier alpha value is -3.74. The second kappa shape index (κ2) is 11.2. The Kier molecular flexibility index (Phi) is 8.68. The van der Waals surface area contributed by atoms with Crippen LogP contribution in [0.5, 0.6) is 5.75 Å². The Morgan fingerprint density at radius 2 is 1.88 bits per heavy atom. The summed E-state index contributed by atoms with van der Waals surface area (Å²) in [6.45, 7) is 9.31. The van der Waals surface area contributed by atoms with E-state index in [-0.39, 0.29) is 36.5 Å². The van der Waals surface area contributed by atoms with Crippen molar-refractivity contribution in [2.45, 2.75) is 45.6 Å². The van der Waals surface area contributed by atoms with Crippen LogP contribution in [0.4, 0.5) is 0 Å². The van der Waals surface area contributed by atoms with E-state index < -0.39 is 23.3 Å². The molecule has 0 spiro atoms. The average molecular weight is 455 g/mol. The number of hydrogen-bond donors (Lipinski definition) is 3. The van der Waals surface area contributed by atoms with E-state index in [0.717, 1.165) is 5.57 Å². The highest BCUT2D eigenvalue weighted by Gasteiger charge is 2.55. The number of aromatic hydroxyl groups is 1. The van der Waals surface area contributed by atoms with Gasteiger partial charge in [-0.1, -0.05) is 42.5 Å². The Balaban J connectivity index is 2.37. The van der Waals surface area contributed by atoms with Crippen LogP contribution in [0.15, 0.2) is 77.8 Å². The van der Waals surface area contributed by atoms with E-state index in [1.165, 1.54) is 30.3 Å². The van der Waals surface area contributed by atoms with Crippen molar-refractivity contribution in [3.05, 3.63) is 83.4 Å². The summed E-state index contributed by atoms with van der Waals surface area (Å²) < 4.78 is 10.6. The standard InChI is InChI=1S/C26H30O7/c1-5-18(11-10-17(3)4)21(28)9-7-8-16-26(25(31)32-6-2)22(23(29)24(30)33-26)19-12-14-20(27)15-13-19/h5,7,9-10,12-15,27-29H,1,6,8,11,16H2,2-4H3/b9-7-,21-18-/t26-/m1/s1. The quantitative estimate of drug-likeness (QED) is 0.192. The van der Waals surface area contributed by atoms with Crippen LogP contribution in [0.2, 0.25) is 0 Å². The van der Waals surface area contributed by atoms with Crippen molar-refractivity contribution < 1.29 is 34.4 Å². The van der Waals surface area contributed by atoms with Crippen molar-refractivity contribution in [3.8, 4) is 5.75 Å². The van der Waals surface area contributed by atoms with Gasteiger partial charge in [0.15, 0.2) is 0 Å². The molecule has 176 valence electrons. The predicted molar refractivity (Wildman–Crippen MR) is 125 cm³/mol. The lowest BCUT2D eigenvalue weighted by Gasteiger charge is -2.28. The summed E-state index contributed by atoms with van der Waals surface area (Å²) in [6.07, 6.45) is 7.38. The number of phenolic OH excluding ortho intramolecular Hbond substituents is 1. The highest BCUT2D eigenvalue weighted by atomic mass is 16.6. The van der Waals surface area contributed by atoms with Gasteiger partial charge in [-0.15, -0.1) is 0 Å². The van der Waals surface area contributed by atoms with Crippen molar-refractivity contribution in [2.24, 2.45) is 0 Å². The van der Waals surface area contributed by atoms with E-state index in [2.05, 4.69) is 6.58 Å². The highest BCUT2D eigenvalue weighted by Crippen LogP contribution is 2.43. The van der Waals surface area contributed by atoms with Crippen LogP contribution < -0.4 is 0 Å². The molecule has 7 heteroatoms. The molecule has 1 aromatic carbocycles. The molecule has 0 saturated heterocycles. The average Bonchev–Trinajstić information content (AvgIpc) is 3.03. The van der Waals surface area contributed by atoms with E-state index >= 15 is 0 Å². The fraction of sp³-hybridized carbons (Fsp3) is 0.308. The summed E-state index contributed by atoms with van der Waals surface area (Å²) in [6, 6.07) is 5.70. The summed E-state index contributed by atoms with van der Waals surface area (Å²) in [5.41, 5.74) is 0.211. The number of esters is 2. The molecular weight excluding hydrogens is 424 g/mol. The van der Waals surface area contributed by atoms with Gasteiger partial charge >= 0.3 is 11.9 Å². The van der Waals surface area contributed by atoms with Crippen LogP contribution in [-0.2, 0) is 19.1 Å². The number of hydrogen-bond acceptors (Lipinski definition) is 7. The molecule has 1 atom stereocenters. The highest BCUT2D eigenvalue weighted by molar-refractivity contribution is 6.11. The molecule has 0 radical (unpaired) electrons. The molecule has 1 heterocycles. The van der Waals surface area contributed by atoms with Gasteiger partial charge in [0, 0.05) is 6.42 Å². The van der Waals surface area contributed by atoms with Gasteiger partial charge in [-0.25, -0.2) is 9.59 Å². The molecule has 0 aromatic heterocycles. The Morgan fingerprint density at radius 3 is 2.45 bits per heavy atom. The summed E-state index contributed by atoms with van der Waals surface area (Å²) >= 11 is 0. The Bertz CT molecular complexity index is 1020. The smallest absolute Gasteiger partial charge is 0.375 e. The summed E-state index contributed by atoms with van der Waals surface area (Å²) in [7, 11) is 0. The Morgan fingerprint density at radius 1 is 1.21 bits per heavy atom. The van der Waals surface area contributed by atoms with Gasteiger partial charge in [0.2, 0.25) is 11.4 Å². The molecule has 1 aliphatic heterocycles. The molecular formula is C26H30O7. The maximum Gasteiger partial charge on any atom is 0.375 e. The zero-order chi connectivity index (χ0) is 24.6. The van der Waals surface area contributed by atoms with Gasteiger partial charge < -0.3 is 24.8 Å². The van der Waals surface area contributed by atoms with Crippen LogP contribution in [-0.4, -0.2) is 39.5 Å². The fourth-order valence-corrected chi connectivity index (χ4v) is 3.41. The minimum atomic E-state index is -1.86. The van der Waals surface area contributed by atoms with Gasteiger partial charge in [0.1, 0.15) is 11.5 Å².